The van der Waals surface area contributed by atoms with Crippen LogP contribution in [0.5, 0.6) is 0 Å². The van der Waals surface area contributed by atoms with E-state index in [-0.39, 0.29) is 32.0 Å². The van der Waals surface area contributed by atoms with Crippen LogP contribution in [0.15, 0.2) is 12.2 Å². The predicted molar refractivity (Wildman–Crippen MR) is 210 cm³/mol. The summed E-state index contributed by atoms with van der Waals surface area (Å²) in [5, 5.41) is 40.0. The molecule has 1 fully saturated rings. The van der Waals surface area contributed by atoms with Crippen molar-refractivity contribution in [1.29, 1.82) is 0 Å². The fourth-order valence-electron chi connectivity index (χ4n) is 6.65. The molecule has 0 aromatic rings. The lowest BCUT2D eigenvalue weighted by molar-refractivity contribution is -0.305. The zero-order valence-electron chi connectivity index (χ0n) is 33.8. The van der Waals surface area contributed by atoms with E-state index in [1.165, 1.54) is 103 Å². The maximum absolute atomic E-state index is 12.7. The van der Waals surface area contributed by atoms with Gasteiger partial charge in [0.1, 0.15) is 31.0 Å². The van der Waals surface area contributed by atoms with Gasteiger partial charge < -0.3 is 39.4 Å². The number of allylic oxidation sites excluding steroid dienone is 2. The van der Waals surface area contributed by atoms with E-state index in [0.717, 1.165) is 57.8 Å². The minimum absolute atomic E-state index is 0.215. The van der Waals surface area contributed by atoms with Crippen molar-refractivity contribution < 1.29 is 49.0 Å². The van der Waals surface area contributed by atoms with Crippen LogP contribution < -0.4 is 0 Å². The molecule has 1 aliphatic rings. The van der Waals surface area contributed by atoms with Gasteiger partial charge in [-0.05, 0) is 38.5 Å². The van der Waals surface area contributed by atoms with E-state index in [2.05, 4.69) is 26.0 Å². The second kappa shape index (κ2) is 34.9. The van der Waals surface area contributed by atoms with Gasteiger partial charge in [0.15, 0.2) is 12.4 Å². The summed E-state index contributed by atoms with van der Waals surface area (Å²) in [5.74, 6) is -0.809. The second-order valence-electron chi connectivity index (χ2n) is 15.2. The summed E-state index contributed by atoms with van der Waals surface area (Å²) >= 11 is 0. The van der Waals surface area contributed by atoms with Crippen molar-refractivity contribution >= 4 is 11.9 Å². The largest absolute Gasteiger partial charge is 0.462 e. The quantitative estimate of drug-likeness (QED) is 0.0277. The molecule has 0 amide bonds. The van der Waals surface area contributed by atoms with E-state index in [0.29, 0.717) is 6.42 Å². The van der Waals surface area contributed by atoms with Gasteiger partial charge in [0, 0.05) is 12.8 Å². The molecule has 1 rings (SSSR count). The number of carbonyl (C=O) groups is 2. The summed E-state index contributed by atoms with van der Waals surface area (Å²) in [4.78, 5) is 25.3. The fourth-order valence-corrected chi connectivity index (χ4v) is 6.65. The Morgan fingerprint density at radius 2 is 1.00 bits per heavy atom. The highest BCUT2D eigenvalue weighted by molar-refractivity contribution is 5.70. The Morgan fingerprint density at radius 1 is 0.566 bits per heavy atom. The number of esters is 2. The standard InChI is InChI=1S/C43H80O10/c1-3-5-7-9-11-13-15-17-18-20-21-23-25-27-29-31-38(45)50-34-36(35-51-43-42(49)41(48)40(47)37(33-44)53-43)52-39(46)32-30-28-26-24-22-19-16-14-12-10-8-6-4-2/h14,16,36-37,40-44,47-49H,3-13,15,17-35H2,1-2H3/b16-14+/t36-,37-,40+,41?,42?,43-/m0/s1. The zero-order valence-corrected chi connectivity index (χ0v) is 33.8. The molecule has 1 aliphatic heterocycles. The summed E-state index contributed by atoms with van der Waals surface area (Å²) in [5.41, 5.74) is 0. The van der Waals surface area contributed by atoms with E-state index < -0.39 is 49.4 Å². The molecule has 4 N–H and O–H groups in total. The third-order valence-corrected chi connectivity index (χ3v) is 10.2. The van der Waals surface area contributed by atoms with Crippen molar-refractivity contribution in [2.24, 2.45) is 0 Å². The lowest BCUT2D eigenvalue weighted by Gasteiger charge is -2.39. The van der Waals surface area contributed by atoms with Gasteiger partial charge in [0.25, 0.3) is 0 Å². The minimum Gasteiger partial charge on any atom is -0.462 e. The molecule has 10 nitrogen and oxygen atoms in total. The maximum Gasteiger partial charge on any atom is 0.306 e. The molecule has 0 spiro atoms. The van der Waals surface area contributed by atoms with Gasteiger partial charge in [-0.1, -0.05) is 154 Å². The normalized spacial score (nSPS) is 20.9. The summed E-state index contributed by atoms with van der Waals surface area (Å²) in [6.45, 7) is 3.41. The van der Waals surface area contributed by atoms with Crippen molar-refractivity contribution in [2.45, 2.75) is 230 Å². The third-order valence-electron chi connectivity index (χ3n) is 10.2. The molecule has 0 aromatic carbocycles. The molecule has 0 radical (unpaired) electrons. The minimum atomic E-state index is -1.59. The lowest BCUT2D eigenvalue weighted by atomic mass is 9.99. The monoisotopic (exact) mass is 757 g/mol. The fraction of sp³-hybridized carbons (Fsp3) is 0.907. The first-order valence-corrected chi connectivity index (χ1v) is 21.8. The van der Waals surface area contributed by atoms with Gasteiger partial charge in [0.05, 0.1) is 13.2 Å². The van der Waals surface area contributed by atoms with Crippen LogP contribution in [0.1, 0.15) is 194 Å². The molecule has 0 saturated carbocycles. The highest BCUT2D eigenvalue weighted by atomic mass is 16.7. The van der Waals surface area contributed by atoms with Gasteiger partial charge >= 0.3 is 11.9 Å². The molecule has 312 valence electrons. The molecule has 53 heavy (non-hydrogen) atoms. The molecular formula is C43H80O10. The molecule has 1 heterocycles. The van der Waals surface area contributed by atoms with Crippen LogP contribution in [-0.4, -0.2) is 89.0 Å². The smallest absolute Gasteiger partial charge is 0.306 e. The van der Waals surface area contributed by atoms with E-state index in [9.17, 15) is 30.0 Å². The van der Waals surface area contributed by atoms with Crippen LogP contribution in [0, 0.1) is 0 Å². The van der Waals surface area contributed by atoms with Crippen LogP contribution in [0.25, 0.3) is 0 Å². The summed E-state index contributed by atoms with van der Waals surface area (Å²) < 4.78 is 22.1. The second-order valence-corrected chi connectivity index (χ2v) is 15.2. The molecule has 2 unspecified atom stereocenters. The highest BCUT2D eigenvalue weighted by Crippen LogP contribution is 2.23. The van der Waals surface area contributed by atoms with E-state index in [1.54, 1.807) is 0 Å². The van der Waals surface area contributed by atoms with E-state index in [4.69, 9.17) is 18.9 Å². The van der Waals surface area contributed by atoms with Crippen molar-refractivity contribution in [3.05, 3.63) is 12.2 Å². The van der Waals surface area contributed by atoms with Crippen LogP contribution in [0.2, 0.25) is 0 Å². The number of ether oxygens (including phenoxy) is 4. The summed E-state index contributed by atoms with van der Waals surface area (Å²) in [7, 11) is 0. The van der Waals surface area contributed by atoms with Crippen LogP contribution >= 0.6 is 0 Å². The maximum atomic E-state index is 12.7. The SMILES string of the molecule is CCCCCC/C=C/CCCCCCCC(=O)O[C@@H](COC(=O)CCCCCCCCCCCCCCCCC)CO[C@H]1O[C@@H](CO)[C@@H](O)C(O)C1O. The Kier molecular flexibility index (Phi) is 32.6. The van der Waals surface area contributed by atoms with Gasteiger partial charge in [-0.3, -0.25) is 9.59 Å². The van der Waals surface area contributed by atoms with Gasteiger partial charge in [-0.25, -0.2) is 0 Å². The van der Waals surface area contributed by atoms with Gasteiger partial charge in [0.2, 0.25) is 0 Å². The molecular weight excluding hydrogens is 676 g/mol. The van der Waals surface area contributed by atoms with Crippen LogP contribution in [-0.2, 0) is 28.5 Å². The first kappa shape index (κ1) is 49.5. The van der Waals surface area contributed by atoms with Crippen LogP contribution in [0.4, 0.5) is 0 Å². The van der Waals surface area contributed by atoms with Crippen molar-refractivity contribution in [3.8, 4) is 0 Å². The average molecular weight is 757 g/mol. The third kappa shape index (κ3) is 26.8. The number of rotatable bonds is 36. The molecule has 0 bridgehead atoms. The molecule has 6 atom stereocenters. The Balaban J connectivity index is 2.34. The Labute approximate surface area is 322 Å². The van der Waals surface area contributed by atoms with E-state index >= 15 is 0 Å². The van der Waals surface area contributed by atoms with E-state index in [1.807, 2.05) is 0 Å². The van der Waals surface area contributed by atoms with Gasteiger partial charge in [-0.2, -0.15) is 0 Å². The zero-order chi connectivity index (χ0) is 38.8. The number of aliphatic hydroxyl groups is 4. The number of unbranched alkanes of at least 4 members (excludes halogenated alkanes) is 23. The summed E-state index contributed by atoms with van der Waals surface area (Å²) in [6, 6.07) is 0. The first-order chi connectivity index (χ1) is 25.8. The van der Waals surface area contributed by atoms with Gasteiger partial charge in [-0.15, -0.1) is 0 Å². The average Bonchev–Trinajstić information content (AvgIpc) is 3.15. The van der Waals surface area contributed by atoms with Crippen LogP contribution in [0.3, 0.4) is 0 Å². The lowest BCUT2D eigenvalue weighted by Crippen LogP contribution is -2.59. The number of hydrogen-bond donors (Lipinski definition) is 4. The Morgan fingerprint density at radius 3 is 1.49 bits per heavy atom. The molecule has 0 aromatic heterocycles. The predicted octanol–water partition coefficient (Wildman–Crippen LogP) is 8.78. The number of hydrogen-bond acceptors (Lipinski definition) is 10. The number of carbonyl (C=O) groups excluding carboxylic acids is 2. The molecule has 1 saturated heterocycles. The highest BCUT2D eigenvalue weighted by Gasteiger charge is 2.44. The first-order valence-electron chi connectivity index (χ1n) is 21.8. The van der Waals surface area contributed by atoms with Crippen molar-refractivity contribution in [1.82, 2.24) is 0 Å². The molecule has 0 aliphatic carbocycles. The van der Waals surface area contributed by atoms with Crippen molar-refractivity contribution in [3.63, 3.8) is 0 Å². The number of aliphatic hydroxyl groups excluding tert-OH is 4. The molecule has 10 heteroatoms. The van der Waals surface area contributed by atoms with Crippen molar-refractivity contribution in [2.75, 3.05) is 19.8 Å². The Bertz CT molecular complexity index is 881. The summed E-state index contributed by atoms with van der Waals surface area (Å²) in [6.07, 6.45) is 27.9. The Hall–Kier alpha value is -1.56. The topological polar surface area (TPSA) is 152 Å².